The molecule has 26 heavy (non-hydrogen) atoms. The van der Waals surface area contributed by atoms with Gasteiger partial charge in [0.25, 0.3) is 5.91 Å². The van der Waals surface area contributed by atoms with Gasteiger partial charge >= 0.3 is 0 Å². The summed E-state index contributed by atoms with van der Waals surface area (Å²) in [6.45, 7) is 1.42. The standard InChI is InChI=1S/C19H23N5O2/c1-23-17(21-22-18(23)12-25)10-13-6-8-24(9-7-13)19(26)15-11-20-16-5-3-2-4-14(15)16/h2-5,11,13,20,25H,6-10,12H2,1H3. The van der Waals surface area contributed by atoms with Crippen LogP contribution in [0.1, 0.15) is 34.8 Å². The van der Waals surface area contributed by atoms with E-state index in [0.717, 1.165) is 54.6 Å². The normalized spacial score (nSPS) is 15.7. The summed E-state index contributed by atoms with van der Waals surface area (Å²) < 4.78 is 1.86. The second-order valence-corrected chi connectivity index (χ2v) is 6.94. The van der Waals surface area contributed by atoms with Crippen LogP contribution < -0.4 is 0 Å². The Hall–Kier alpha value is -2.67. The number of likely N-dealkylation sites (tertiary alicyclic amines) is 1. The Morgan fingerprint density at radius 1 is 1.23 bits per heavy atom. The molecule has 3 aromatic rings. The predicted molar refractivity (Wildman–Crippen MR) is 97.6 cm³/mol. The molecule has 1 saturated heterocycles. The van der Waals surface area contributed by atoms with Crippen LogP contribution in [-0.2, 0) is 20.1 Å². The first kappa shape index (κ1) is 16.8. The van der Waals surface area contributed by atoms with E-state index in [2.05, 4.69) is 15.2 Å². The van der Waals surface area contributed by atoms with Crippen LogP contribution in [0.3, 0.4) is 0 Å². The second-order valence-electron chi connectivity index (χ2n) is 6.94. The molecule has 1 amide bonds. The Kier molecular flexibility index (Phi) is 4.46. The molecule has 1 fully saturated rings. The number of para-hydroxylation sites is 1. The molecule has 1 aromatic carbocycles. The molecule has 0 atom stereocenters. The second kappa shape index (κ2) is 6.92. The van der Waals surface area contributed by atoms with E-state index >= 15 is 0 Å². The van der Waals surface area contributed by atoms with E-state index < -0.39 is 0 Å². The summed E-state index contributed by atoms with van der Waals surface area (Å²) in [6.07, 6.45) is 4.55. The molecule has 1 aliphatic rings. The lowest BCUT2D eigenvalue weighted by Gasteiger charge is -2.31. The number of aromatic nitrogens is 4. The van der Waals surface area contributed by atoms with E-state index in [1.54, 1.807) is 0 Å². The van der Waals surface area contributed by atoms with Gasteiger partial charge in [-0.1, -0.05) is 18.2 Å². The van der Waals surface area contributed by atoms with Crippen molar-refractivity contribution in [3.05, 3.63) is 47.7 Å². The molecule has 0 unspecified atom stereocenters. The van der Waals surface area contributed by atoms with Crippen LogP contribution in [0.4, 0.5) is 0 Å². The maximum Gasteiger partial charge on any atom is 0.256 e. The third kappa shape index (κ3) is 2.99. The molecule has 0 bridgehead atoms. The minimum Gasteiger partial charge on any atom is -0.388 e. The predicted octanol–water partition coefficient (Wildman–Crippen LogP) is 1.88. The number of aromatic amines is 1. The number of hydrogen-bond donors (Lipinski definition) is 2. The van der Waals surface area contributed by atoms with E-state index in [1.165, 1.54) is 0 Å². The maximum absolute atomic E-state index is 12.9. The Morgan fingerprint density at radius 2 is 1.96 bits per heavy atom. The first-order chi connectivity index (χ1) is 12.7. The highest BCUT2D eigenvalue weighted by molar-refractivity contribution is 6.06. The molecule has 2 aromatic heterocycles. The number of carbonyl (C=O) groups excluding carboxylic acids is 1. The number of hydrogen-bond acceptors (Lipinski definition) is 4. The number of aliphatic hydroxyl groups is 1. The Bertz CT molecular complexity index is 921. The summed E-state index contributed by atoms with van der Waals surface area (Å²) in [5.74, 6) is 2.07. The maximum atomic E-state index is 12.9. The summed E-state index contributed by atoms with van der Waals surface area (Å²) in [7, 11) is 1.89. The van der Waals surface area contributed by atoms with Crippen molar-refractivity contribution in [3.8, 4) is 0 Å². The van der Waals surface area contributed by atoms with E-state index in [9.17, 15) is 9.90 Å². The van der Waals surface area contributed by atoms with Crippen LogP contribution in [0.15, 0.2) is 30.5 Å². The number of rotatable bonds is 4. The zero-order chi connectivity index (χ0) is 18.1. The largest absolute Gasteiger partial charge is 0.388 e. The summed E-state index contributed by atoms with van der Waals surface area (Å²) in [4.78, 5) is 18.0. The number of amides is 1. The lowest BCUT2D eigenvalue weighted by molar-refractivity contribution is 0.0691. The number of piperidine rings is 1. The van der Waals surface area contributed by atoms with Crippen molar-refractivity contribution in [1.82, 2.24) is 24.6 Å². The third-order valence-corrected chi connectivity index (χ3v) is 5.39. The van der Waals surface area contributed by atoms with Crippen LogP contribution in [-0.4, -0.2) is 48.8 Å². The quantitative estimate of drug-likeness (QED) is 0.750. The van der Waals surface area contributed by atoms with Crippen LogP contribution in [0.5, 0.6) is 0 Å². The van der Waals surface area contributed by atoms with Crippen molar-refractivity contribution in [2.75, 3.05) is 13.1 Å². The molecule has 2 N–H and O–H groups in total. The average Bonchev–Trinajstić information content (AvgIpc) is 3.26. The molecular weight excluding hydrogens is 330 g/mol. The molecule has 136 valence electrons. The van der Waals surface area contributed by atoms with Crippen LogP contribution in [0.2, 0.25) is 0 Å². The van der Waals surface area contributed by atoms with Gasteiger partial charge in [-0.05, 0) is 24.8 Å². The number of aliphatic hydroxyl groups excluding tert-OH is 1. The molecule has 1 aliphatic heterocycles. The smallest absolute Gasteiger partial charge is 0.256 e. The summed E-state index contributed by atoms with van der Waals surface area (Å²) in [6, 6.07) is 7.90. The molecule has 3 heterocycles. The molecule has 0 radical (unpaired) electrons. The summed E-state index contributed by atoms with van der Waals surface area (Å²) in [5.41, 5.74) is 1.74. The molecule has 7 heteroatoms. The van der Waals surface area contributed by atoms with E-state index in [4.69, 9.17) is 0 Å². The third-order valence-electron chi connectivity index (χ3n) is 5.39. The van der Waals surface area contributed by atoms with Crippen LogP contribution >= 0.6 is 0 Å². The summed E-state index contributed by atoms with van der Waals surface area (Å²) >= 11 is 0. The Balaban J connectivity index is 1.40. The minimum atomic E-state index is -0.0962. The molecule has 0 aliphatic carbocycles. The fourth-order valence-electron chi connectivity index (χ4n) is 3.73. The van der Waals surface area contributed by atoms with Crippen molar-refractivity contribution in [2.45, 2.75) is 25.9 Å². The number of nitrogens with one attached hydrogen (secondary N) is 1. The number of benzene rings is 1. The molecule has 0 spiro atoms. The van der Waals surface area contributed by atoms with Gasteiger partial charge in [0.1, 0.15) is 12.4 Å². The van der Waals surface area contributed by atoms with Gasteiger partial charge < -0.3 is 19.6 Å². The highest BCUT2D eigenvalue weighted by atomic mass is 16.3. The van der Waals surface area contributed by atoms with E-state index in [-0.39, 0.29) is 12.5 Å². The van der Waals surface area contributed by atoms with Crippen LogP contribution in [0, 0.1) is 5.92 Å². The number of H-pyrrole nitrogens is 1. The fraction of sp³-hybridized carbons (Fsp3) is 0.421. The van der Waals surface area contributed by atoms with Crippen molar-refractivity contribution in [3.63, 3.8) is 0 Å². The van der Waals surface area contributed by atoms with E-state index in [1.807, 2.05) is 47.0 Å². The van der Waals surface area contributed by atoms with E-state index in [0.29, 0.717) is 11.7 Å². The van der Waals surface area contributed by atoms with Gasteiger partial charge in [-0.3, -0.25) is 4.79 Å². The van der Waals surface area contributed by atoms with Crippen LogP contribution in [0.25, 0.3) is 10.9 Å². The topological polar surface area (TPSA) is 87.0 Å². The number of carbonyl (C=O) groups is 1. The minimum absolute atomic E-state index is 0.0962. The van der Waals surface area contributed by atoms with Gasteiger partial charge in [0.05, 0.1) is 5.56 Å². The van der Waals surface area contributed by atoms with Gasteiger partial charge in [-0.25, -0.2) is 0 Å². The number of fused-ring (bicyclic) bond motifs is 1. The van der Waals surface area contributed by atoms with Gasteiger partial charge in [-0.15, -0.1) is 10.2 Å². The average molecular weight is 353 g/mol. The Labute approximate surface area is 151 Å². The molecule has 7 nitrogen and oxygen atoms in total. The van der Waals surface area contributed by atoms with Gasteiger partial charge in [0, 0.05) is 43.7 Å². The highest BCUT2D eigenvalue weighted by Gasteiger charge is 2.26. The SMILES string of the molecule is Cn1c(CO)nnc1CC1CCN(C(=O)c2c[nH]c3ccccc23)CC1. The first-order valence-electron chi connectivity index (χ1n) is 9.00. The summed E-state index contributed by atoms with van der Waals surface area (Å²) in [5, 5.41) is 18.4. The van der Waals surface area contributed by atoms with Crippen molar-refractivity contribution >= 4 is 16.8 Å². The fourth-order valence-corrected chi connectivity index (χ4v) is 3.73. The van der Waals surface area contributed by atoms with Crippen molar-refractivity contribution < 1.29 is 9.90 Å². The first-order valence-corrected chi connectivity index (χ1v) is 9.00. The van der Waals surface area contributed by atoms with Gasteiger partial charge in [-0.2, -0.15) is 0 Å². The molecule has 4 rings (SSSR count). The van der Waals surface area contributed by atoms with Gasteiger partial charge in [0.2, 0.25) is 0 Å². The van der Waals surface area contributed by atoms with Gasteiger partial charge in [0.15, 0.2) is 5.82 Å². The van der Waals surface area contributed by atoms with Crippen molar-refractivity contribution in [1.29, 1.82) is 0 Å². The highest BCUT2D eigenvalue weighted by Crippen LogP contribution is 2.25. The molecule has 0 saturated carbocycles. The zero-order valence-electron chi connectivity index (χ0n) is 14.9. The zero-order valence-corrected chi connectivity index (χ0v) is 14.9. The molecular formula is C19H23N5O2. The Morgan fingerprint density at radius 3 is 2.69 bits per heavy atom. The number of nitrogens with zero attached hydrogens (tertiary/aromatic N) is 4. The van der Waals surface area contributed by atoms with Crippen molar-refractivity contribution in [2.24, 2.45) is 13.0 Å². The lowest BCUT2D eigenvalue weighted by atomic mass is 9.93. The monoisotopic (exact) mass is 353 g/mol. The lowest BCUT2D eigenvalue weighted by Crippen LogP contribution is -2.39.